The molecule has 18 heavy (non-hydrogen) atoms. The average molecular weight is 271 g/mol. The molecule has 2 heterocycles. The van der Waals surface area contributed by atoms with Gasteiger partial charge in [0.05, 0.1) is 12.2 Å². The molecule has 3 heteroatoms. The van der Waals surface area contributed by atoms with E-state index in [9.17, 15) is 0 Å². The quantitative estimate of drug-likeness (QED) is 0.847. The van der Waals surface area contributed by atoms with Gasteiger partial charge in [0.2, 0.25) is 0 Å². The van der Waals surface area contributed by atoms with Crippen LogP contribution in [-0.4, -0.2) is 36.3 Å². The van der Waals surface area contributed by atoms with Crippen LogP contribution in [-0.2, 0) is 4.74 Å². The van der Waals surface area contributed by atoms with Gasteiger partial charge < -0.3 is 10.1 Å². The van der Waals surface area contributed by atoms with Gasteiger partial charge in [-0.25, -0.2) is 0 Å². The molecule has 1 spiro atoms. The van der Waals surface area contributed by atoms with E-state index in [4.69, 9.17) is 4.74 Å². The first-order chi connectivity index (χ1) is 8.62. The molecule has 2 fully saturated rings. The van der Waals surface area contributed by atoms with E-state index in [1.54, 1.807) is 0 Å². The van der Waals surface area contributed by atoms with Crippen LogP contribution in [0.1, 0.15) is 46.5 Å². The lowest BCUT2D eigenvalue weighted by Gasteiger charge is -2.47. The summed E-state index contributed by atoms with van der Waals surface area (Å²) >= 11 is 2.09. The minimum absolute atomic E-state index is 0.161. The highest BCUT2D eigenvalue weighted by Crippen LogP contribution is 2.37. The van der Waals surface area contributed by atoms with E-state index in [0.717, 1.165) is 25.0 Å². The van der Waals surface area contributed by atoms with Crippen molar-refractivity contribution in [2.75, 3.05) is 24.7 Å². The van der Waals surface area contributed by atoms with E-state index in [0.29, 0.717) is 6.04 Å². The van der Waals surface area contributed by atoms with Gasteiger partial charge in [-0.05, 0) is 49.0 Å². The summed E-state index contributed by atoms with van der Waals surface area (Å²) in [6.45, 7) is 9.00. The van der Waals surface area contributed by atoms with Gasteiger partial charge in [-0.15, -0.1) is 0 Å². The molecular weight excluding hydrogens is 242 g/mol. The first kappa shape index (κ1) is 14.7. The molecule has 0 aliphatic carbocycles. The molecule has 106 valence electrons. The summed E-state index contributed by atoms with van der Waals surface area (Å²) in [6.07, 6.45) is 5.10. The normalized spacial score (nSPS) is 29.7. The highest BCUT2D eigenvalue weighted by Gasteiger charge is 2.43. The first-order valence-electron chi connectivity index (χ1n) is 7.57. The maximum atomic E-state index is 6.25. The lowest BCUT2D eigenvalue weighted by Crippen LogP contribution is -2.59. The zero-order chi connectivity index (χ0) is 13.0. The lowest BCUT2D eigenvalue weighted by molar-refractivity contribution is -0.106. The van der Waals surface area contributed by atoms with Crippen molar-refractivity contribution in [1.29, 1.82) is 0 Å². The molecule has 0 bridgehead atoms. The molecule has 0 aromatic carbocycles. The Bertz CT molecular complexity index is 243. The maximum Gasteiger partial charge on any atom is 0.0851 e. The molecule has 2 atom stereocenters. The number of nitrogens with one attached hydrogen (secondary N) is 1. The predicted octanol–water partition coefficient (Wildman–Crippen LogP) is 3.31. The predicted molar refractivity (Wildman–Crippen MR) is 80.3 cm³/mol. The SMILES string of the molecule is CC(C)CC(C)CC1NCCOC12CCSCC2. The second-order valence-electron chi connectivity index (χ2n) is 6.50. The van der Waals surface area contributed by atoms with Gasteiger partial charge in [0, 0.05) is 12.6 Å². The fourth-order valence-corrected chi connectivity index (χ4v) is 4.77. The minimum Gasteiger partial charge on any atom is -0.372 e. The number of morpholine rings is 1. The van der Waals surface area contributed by atoms with Gasteiger partial charge in [-0.1, -0.05) is 20.8 Å². The summed E-state index contributed by atoms with van der Waals surface area (Å²) in [5.41, 5.74) is 0.161. The van der Waals surface area contributed by atoms with Crippen molar-refractivity contribution >= 4 is 11.8 Å². The van der Waals surface area contributed by atoms with Crippen molar-refractivity contribution in [1.82, 2.24) is 5.32 Å². The molecule has 0 amide bonds. The number of thioether (sulfide) groups is 1. The van der Waals surface area contributed by atoms with E-state index >= 15 is 0 Å². The third-order valence-electron chi connectivity index (χ3n) is 4.37. The van der Waals surface area contributed by atoms with Crippen molar-refractivity contribution in [2.45, 2.75) is 58.1 Å². The number of hydrogen-bond donors (Lipinski definition) is 1. The maximum absolute atomic E-state index is 6.25. The van der Waals surface area contributed by atoms with Crippen LogP contribution >= 0.6 is 11.8 Å². The summed E-state index contributed by atoms with van der Waals surface area (Å²) in [7, 11) is 0. The van der Waals surface area contributed by atoms with E-state index in [1.165, 1.54) is 37.2 Å². The van der Waals surface area contributed by atoms with Gasteiger partial charge in [-0.3, -0.25) is 0 Å². The van der Waals surface area contributed by atoms with Crippen molar-refractivity contribution < 1.29 is 4.74 Å². The second-order valence-corrected chi connectivity index (χ2v) is 7.73. The summed E-state index contributed by atoms with van der Waals surface area (Å²) < 4.78 is 6.25. The Balaban J connectivity index is 1.94. The Morgan fingerprint density at radius 3 is 2.67 bits per heavy atom. The molecule has 0 radical (unpaired) electrons. The number of ether oxygens (including phenoxy) is 1. The topological polar surface area (TPSA) is 21.3 Å². The number of hydrogen-bond acceptors (Lipinski definition) is 3. The summed E-state index contributed by atoms with van der Waals surface area (Å²) in [5.74, 6) is 4.16. The molecule has 2 unspecified atom stereocenters. The zero-order valence-corrected chi connectivity index (χ0v) is 13.0. The van der Waals surface area contributed by atoms with E-state index in [1.807, 2.05) is 0 Å². The fourth-order valence-electron chi connectivity index (χ4n) is 3.59. The standard InChI is InChI=1S/C15H29NOS/c1-12(2)10-13(3)11-14-15(17-7-6-16-14)4-8-18-9-5-15/h12-14,16H,4-11H2,1-3H3. The Morgan fingerprint density at radius 2 is 2.00 bits per heavy atom. The summed E-state index contributed by atoms with van der Waals surface area (Å²) in [6, 6.07) is 0.584. The zero-order valence-electron chi connectivity index (χ0n) is 12.2. The number of rotatable bonds is 4. The smallest absolute Gasteiger partial charge is 0.0851 e. The summed E-state index contributed by atoms with van der Waals surface area (Å²) in [4.78, 5) is 0. The highest BCUT2D eigenvalue weighted by atomic mass is 32.2. The van der Waals surface area contributed by atoms with E-state index in [-0.39, 0.29) is 5.60 Å². The minimum atomic E-state index is 0.161. The van der Waals surface area contributed by atoms with Gasteiger partial charge in [0.15, 0.2) is 0 Å². The molecule has 2 rings (SSSR count). The molecule has 2 saturated heterocycles. The molecular formula is C15H29NOS. The molecule has 1 N–H and O–H groups in total. The Hall–Kier alpha value is 0.270. The van der Waals surface area contributed by atoms with Gasteiger partial charge in [-0.2, -0.15) is 11.8 Å². The third kappa shape index (κ3) is 3.64. The van der Waals surface area contributed by atoms with Crippen molar-refractivity contribution in [3.05, 3.63) is 0 Å². The van der Waals surface area contributed by atoms with Crippen LogP contribution < -0.4 is 5.32 Å². The van der Waals surface area contributed by atoms with Crippen molar-refractivity contribution in [3.8, 4) is 0 Å². The van der Waals surface area contributed by atoms with Crippen molar-refractivity contribution in [3.63, 3.8) is 0 Å². The Kier molecular flexibility index (Phi) is 5.40. The van der Waals surface area contributed by atoms with Crippen LogP contribution in [0, 0.1) is 11.8 Å². The van der Waals surface area contributed by atoms with Crippen LogP contribution in [0.2, 0.25) is 0 Å². The molecule has 2 aliphatic heterocycles. The molecule has 0 aromatic rings. The van der Waals surface area contributed by atoms with Crippen LogP contribution in [0.5, 0.6) is 0 Å². The van der Waals surface area contributed by atoms with Crippen LogP contribution in [0.4, 0.5) is 0 Å². The van der Waals surface area contributed by atoms with E-state index < -0.39 is 0 Å². The third-order valence-corrected chi connectivity index (χ3v) is 5.35. The fraction of sp³-hybridized carbons (Fsp3) is 1.00. The average Bonchev–Trinajstić information content (AvgIpc) is 2.32. The van der Waals surface area contributed by atoms with E-state index in [2.05, 4.69) is 37.8 Å². The Labute approximate surface area is 117 Å². The Morgan fingerprint density at radius 1 is 1.28 bits per heavy atom. The van der Waals surface area contributed by atoms with Gasteiger partial charge in [0.25, 0.3) is 0 Å². The first-order valence-corrected chi connectivity index (χ1v) is 8.73. The molecule has 0 saturated carbocycles. The molecule has 0 aromatic heterocycles. The van der Waals surface area contributed by atoms with Crippen LogP contribution in [0.25, 0.3) is 0 Å². The van der Waals surface area contributed by atoms with Gasteiger partial charge in [0.1, 0.15) is 0 Å². The summed E-state index contributed by atoms with van der Waals surface area (Å²) in [5, 5.41) is 3.75. The molecule has 2 nitrogen and oxygen atoms in total. The van der Waals surface area contributed by atoms with Crippen LogP contribution in [0.15, 0.2) is 0 Å². The largest absolute Gasteiger partial charge is 0.372 e. The lowest BCUT2D eigenvalue weighted by atomic mass is 9.80. The highest BCUT2D eigenvalue weighted by molar-refractivity contribution is 7.99. The van der Waals surface area contributed by atoms with Crippen molar-refractivity contribution in [2.24, 2.45) is 11.8 Å². The van der Waals surface area contributed by atoms with Gasteiger partial charge >= 0.3 is 0 Å². The van der Waals surface area contributed by atoms with Crippen LogP contribution in [0.3, 0.4) is 0 Å². The second kappa shape index (κ2) is 6.62. The molecule has 2 aliphatic rings. The monoisotopic (exact) mass is 271 g/mol.